The third-order valence-electron chi connectivity index (χ3n) is 4.29. The number of methoxy groups -OCH3 is 1. The van der Waals surface area contributed by atoms with Crippen LogP contribution in [0.1, 0.15) is 13.8 Å². The fourth-order valence-electron chi connectivity index (χ4n) is 2.81. The van der Waals surface area contributed by atoms with E-state index < -0.39 is 6.10 Å². The van der Waals surface area contributed by atoms with Crippen LogP contribution in [0.5, 0.6) is 11.8 Å². The van der Waals surface area contributed by atoms with Crippen LogP contribution in [0.3, 0.4) is 0 Å². The van der Waals surface area contributed by atoms with Crippen molar-refractivity contribution in [3.05, 3.63) is 48.5 Å². The zero-order valence-electron chi connectivity index (χ0n) is 17.5. The molecule has 3 rings (SSSR count). The largest absolute Gasteiger partial charge is 0.497 e. The molecule has 2 N–H and O–H groups in total. The molecule has 8 nitrogen and oxygen atoms in total. The van der Waals surface area contributed by atoms with Crippen LogP contribution in [0.4, 0.5) is 5.69 Å². The van der Waals surface area contributed by atoms with Gasteiger partial charge >= 0.3 is 6.01 Å². The Bertz CT molecular complexity index is 925. The molecule has 0 spiro atoms. The number of anilines is 1. The Morgan fingerprint density at radius 3 is 2.63 bits per heavy atom. The lowest BCUT2D eigenvalue weighted by Gasteiger charge is -2.10. The zero-order valence-corrected chi connectivity index (χ0v) is 17.5. The first-order chi connectivity index (χ1) is 14.6. The molecule has 0 unspecified atom stereocenters. The quantitative estimate of drug-likeness (QED) is 0.468. The van der Waals surface area contributed by atoms with Gasteiger partial charge in [0, 0.05) is 24.4 Å². The van der Waals surface area contributed by atoms with Gasteiger partial charge in [-0.3, -0.25) is 0 Å². The number of ether oxygens (including phenoxy) is 3. The molecule has 2 aromatic carbocycles. The molecule has 30 heavy (non-hydrogen) atoms. The van der Waals surface area contributed by atoms with Crippen LogP contribution in [-0.2, 0) is 4.74 Å². The summed E-state index contributed by atoms with van der Waals surface area (Å²) in [6.07, 6.45) is -0.420. The molecule has 0 radical (unpaired) electrons. The first-order valence-corrected chi connectivity index (χ1v) is 9.95. The molecule has 0 bridgehead atoms. The summed E-state index contributed by atoms with van der Waals surface area (Å²) in [7, 11) is 1.63. The fourth-order valence-corrected chi connectivity index (χ4v) is 2.81. The highest BCUT2D eigenvalue weighted by atomic mass is 16.5. The maximum absolute atomic E-state index is 9.44. The minimum absolute atomic E-state index is 0.281. The van der Waals surface area contributed by atoms with Crippen LogP contribution >= 0.6 is 0 Å². The van der Waals surface area contributed by atoms with Crippen LogP contribution < -0.4 is 14.8 Å². The second kappa shape index (κ2) is 10.6. The van der Waals surface area contributed by atoms with Crippen LogP contribution in [0, 0.1) is 0 Å². The summed E-state index contributed by atoms with van der Waals surface area (Å²) in [6, 6.07) is 15.7. The van der Waals surface area contributed by atoms with E-state index in [4.69, 9.17) is 14.2 Å². The molecule has 1 aromatic heterocycles. The van der Waals surface area contributed by atoms with Crippen molar-refractivity contribution in [2.24, 2.45) is 0 Å². The molecular formula is C22H28N4O4. The van der Waals surface area contributed by atoms with Crippen LogP contribution in [-0.4, -0.2) is 59.5 Å². The molecule has 0 aliphatic carbocycles. The van der Waals surface area contributed by atoms with Crippen molar-refractivity contribution in [1.82, 2.24) is 14.8 Å². The first kappa shape index (κ1) is 21.6. The Labute approximate surface area is 176 Å². The van der Waals surface area contributed by atoms with Gasteiger partial charge in [0.25, 0.3) is 0 Å². The Kier molecular flexibility index (Phi) is 7.64. The average Bonchev–Trinajstić information content (AvgIpc) is 3.20. The van der Waals surface area contributed by atoms with E-state index in [1.54, 1.807) is 18.7 Å². The second-order valence-corrected chi connectivity index (χ2v) is 6.68. The van der Waals surface area contributed by atoms with Gasteiger partial charge in [0.05, 0.1) is 25.5 Å². The molecule has 0 amide bonds. The fraction of sp³-hybridized carbons (Fsp3) is 0.364. The van der Waals surface area contributed by atoms with Gasteiger partial charge in [-0.15, -0.1) is 5.10 Å². The number of hydrogen-bond acceptors (Lipinski definition) is 7. The summed E-state index contributed by atoms with van der Waals surface area (Å²) in [4.78, 5) is 4.58. The van der Waals surface area contributed by atoms with E-state index in [-0.39, 0.29) is 6.01 Å². The summed E-state index contributed by atoms with van der Waals surface area (Å²) in [6.45, 7) is 5.64. The number of benzene rings is 2. The van der Waals surface area contributed by atoms with Gasteiger partial charge in [-0.05, 0) is 50.2 Å². The summed E-state index contributed by atoms with van der Waals surface area (Å²) in [5.74, 6) is 1.38. The molecule has 1 heterocycles. The normalized spacial score (nSPS) is 11.9. The summed E-state index contributed by atoms with van der Waals surface area (Å²) >= 11 is 0. The number of aromatic nitrogens is 3. The molecule has 0 aliphatic rings. The second-order valence-electron chi connectivity index (χ2n) is 6.68. The summed E-state index contributed by atoms with van der Waals surface area (Å²) in [5.41, 5.74) is 2.61. The highest BCUT2D eigenvalue weighted by molar-refractivity contribution is 5.61. The van der Waals surface area contributed by atoms with Crippen molar-refractivity contribution in [2.75, 3.05) is 38.8 Å². The topological polar surface area (TPSA) is 90.7 Å². The van der Waals surface area contributed by atoms with Gasteiger partial charge < -0.3 is 24.6 Å². The van der Waals surface area contributed by atoms with Crippen LogP contribution in [0.15, 0.2) is 48.5 Å². The molecule has 0 saturated heterocycles. The summed E-state index contributed by atoms with van der Waals surface area (Å²) < 4.78 is 18.1. The maximum atomic E-state index is 9.44. The third-order valence-corrected chi connectivity index (χ3v) is 4.29. The number of aliphatic hydroxyl groups is 1. The lowest BCUT2D eigenvalue weighted by atomic mass is 10.2. The lowest BCUT2D eigenvalue weighted by molar-refractivity contribution is 0.106. The van der Waals surface area contributed by atoms with Crippen molar-refractivity contribution in [1.29, 1.82) is 0 Å². The van der Waals surface area contributed by atoms with E-state index in [1.165, 1.54) is 0 Å². The van der Waals surface area contributed by atoms with E-state index in [9.17, 15) is 5.11 Å². The van der Waals surface area contributed by atoms with Gasteiger partial charge in [0.1, 0.15) is 12.4 Å². The number of nitrogens with one attached hydrogen (secondary N) is 1. The zero-order chi connectivity index (χ0) is 21.3. The van der Waals surface area contributed by atoms with Crippen LogP contribution in [0.2, 0.25) is 0 Å². The number of nitrogens with zero attached hydrogens (tertiary/aromatic N) is 3. The lowest BCUT2D eigenvalue weighted by Crippen LogP contribution is -2.15. The standard InChI is InChI=1S/C22H28N4O4/c1-4-29-12-13-30-22-24-21(17-6-5-7-20(14-17)28-3)26(25-22)19-10-8-18(9-11-19)23-15-16(2)27/h5-11,14,16,23,27H,4,12-13,15H2,1-3H3/t16-/m1/s1. The van der Waals surface area contributed by atoms with Gasteiger partial charge in [-0.2, -0.15) is 4.98 Å². The van der Waals surface area contributed by atoms with E-state index in [0.717, 1.165) is 22.7 Å². The molecule has 160 valence electrons. The van der Waals surface area contributed by atoms with Gasteiger partial charge in [0.2, 0.25) is 0 Å². The monoisotopic (exact) mass is 412 g/mol. The predicted molar refractivity (Wildman–Crippen MR) is 116 cm³/mol. The van der Waals surface area contributed by atoms with Gasteiger partial charge in [0.15, 0.2) is 5.82 Å². The Hall–Kier alpha value is -3.10. The number of rotatable bonds is 11. The van der Waals surface area contributed by atoms with Crippen molar-refractivity contribution in [3.8, 4) is 28.8 Å². The molecular weight excluding hydrogens is 384 g/mol. The Morgan fingerprint density at radius 2 is 1.93 bits per heavy atom. The van der Waals surface area contributed by atoms with Crippen LogP contribution in [0.25, 0.3) is 17.1 Å². The van der Waals surface area contributed by atoms with Crippen molar-refractivity contribution in [3.63, 3.8) is 0 Å². The van der Waals surface area contributed by atoms with E-state index >= 15 is 0 Å². The Morgan fingerprint density at radius 1 is 1.13 bits per heavy atom. The predicted octanol–water partition coefficient (Wildman–Crippen LogP) is 3.15. The minimum atomic E-state index is -0.420. The number of aliphatic hydroxyl groups excluding tert-OH is 1. The smallest absolute Gasteiger partial charge is 0.336 e. The third kappa shape index (κ3) is 5.71. The molecule has 8 heteroatoms. The molecule has 3 aromatic rings. The van der Waals surface area contributed by atoms with Crippen molar-refractivity contribution < 1.29 is 19.3 Å². The number of hydrogen-bond donors (Lipinski definition) is 2. The SMILES string of the molecule is CCOCCOc1nc(-c2cccc(OC)c2)n(-c2ccc(NC[C@@H](C)O)cc2)n1. The maximum Gasteiger partial charge on any atom is 0.336 e. The molecule has 0 fully saturated rings. The van der Waals surface area contributed by atoms with Gasteiger partial charge in [-0.25, -0.2) is 4.68 Å². The molecule has 1 atom stereocenters. The first-order valence-electron chi connectivity index (χ1n) is 9.95. The van der Waals surface area contributed by atoms with E-state index in [2.05, 4.69) is 15.4 Å². The van der Waals surface area contributed by atoms with Gasteiger partial charge in [-0.1, -0.05) is 12.1 Å². The van der Waals surface area contributed by atoms with E-state index in [0.29, 0.717) is 32.2 Å². The minimum Gasteiger partial charge on any atom is -0.497 e. The van der Waals surface area contributed by atoms with Crippen molar-refractivity contribution in [2.45, 2.75) is 20.0 Å². The van der Waals surface area contributed by atoms with Crippen molar-refractivity contribution >= 4 is 5.69 Å². The summed E-state index contributed by atoms with van der Waals surface area (Å²) in [5, 5.41) is 17.2. The average molecular weight is 412 g/mol. The highest BCUT2D eigenvalue weighted by Crippen LogP contribution is 2.27. The van der Waals surface area contributed by atoms with E-state index in [1.807, 2.05) is 55.5 Å². The molecule has 0 saturated carbocycles. The highest BCUT2D eigenvalue weighted by Gasteiger charge is 2.15. The molecule has 0 aliphatic heterocycles. The Balaban J connectivity index is 1.89.